The number of imidazole rings is 1. The minimum atomic E-state index is -0.557. The summed E-state index contributed by atoms with van der Waals surface area (Å²) in [6.07, 6.45) is 3.23. The second-order valence-electron chi connectivity index (χ2n) is 4.32. The monoisotopic (exact) mass is 219 g/mol. The van der Waals surface area contributed by atoms with Gasteiger partial charge in [-0.15, -0.1) is 0 Å². The maximum atomic E-state index is 13.6. The minimum absolute atomic E-state index is 0.286. The molecule has 1 aromatic heterocycles. The van der Waals surface area contributed by atoms with Gasteiger partial charge in [0.1, 0.15) is 5.82 Å². The van der Waals surface area contributed by atoms with Crippen LogP contribution in [-0.4, -0.2) is 9.55 Å². The van der Waals surface area contributed by atoms with Crippen molar-refractivity contribution in [3.8, 4) is 5.69 Å². The lowest BCUT2D eigenvalue weighted by Crippen LogP contribution is -2.31. The van der Waals surface area contributed by atoms with Gasteiger partial charge in [0, 0.05) is 0 Å². The van der Waals surface area contributed by atoms with E-state index in [9.17, 15) is 4.39 Å². The molecule has 2 rings (SSSR count). The van der Waals surface area contributed by atoms with Gasteiger partial charge in [0.05, 0.1) is 29.4 Å². The highest BCUT2D eigenvalue weighted by atomic mass is 19.1. The summed E-state index contributed by atoms with van der Waals surface area (Å²) in [6, 6.07) is 6.56. The highest BCUT2D eigenvalue weighted by molar-refractivity contribution is 5.36. The molecule has 0 saturated carbocycles. The van der Waals surface area contributed by atoms with Crippen molar-refractivity contribution in [2.45, 2.75) is 19.4 Å². The number of halogens is 1. The molecule has 4 heteroatoms. The minimum Gasteiger partial charge on any atom is -0.321 e. The molecule has 0 atom stereocenters. The number of hydrogen-bond acceptors (Lipinski definition) is 2. The fourth-order valence-electron chi connectivity index (χ4n) is 1.61. The lowest BCUT2D eigenvalue weighted by Gasteiger charge is -2.20. The molecule has 2 N–H and O–H groups in total. The third kappa shape index (κ3) is 1.84. The van der Waals surface area contributed by atoms with E-state index in [1.54, 1.807) is 35.3 Å². The van der Waals surface area contributed by atoms with Crippen LogP contribution in [0.5, 0.6) is 0 Å². The number of nitrogens with zero attached hydrogens (tertiary/aromatic N) is 2. The van der Waals surface area contributed by atoms with Crippen LogP contribution in [0.4, 0.5) is 4.39 Å². The van der Waals surface area contributed by atoms with Gasteiger partial charge in [-0.1, -0.05) is 12.1 Å². The molecule has 0 aliphatic heterocycles. The van der Waals surface area contributed by atoms with E-state index >= 15 is 0 Å². The van der Waals surface area contributed by atoms with E-state index in [0.29, 0.717) is 5.69 Å². The van der Waals surface area contributed by atoms with E-state index in [2.05, 4.69) is 4.98 Å². The molecule has 16 heavy (non-hydrogen) atoms. The van der Waals surface area contributed by atoms with Crippen LogP contribution in [0.1, 0.15) is 19.5 Å². The molecule has 1 heterocycles. The SMILES string of the molecule is CC(C)(N)c1cncn1-c1ccccc1F. The molecule has 0 aliphatic carbocycles. The number of para-hydroxylation sites is 1. The highest BCUT2D eigenvalue weighted by Crippen LogP contribution is 2.21. The molecule has 0 fully saturated rings. The molecule has 0 aliphatic rings. The smallest absolute Gasteiger partial charge is 0.147 e. The topological polar surface area (TPSA) is 43.8 Å². The average Bonchev–Trinajstić information content (AvgIpc) is 2.66. The van der Waals surface area contributed by atoms with E-state index in [4.69, 9.17) is 5.73 Å². The van der Waals surface area contributed by atoms with Crippen molar-refractivity contribution in [3.05, 3.63) is 48.3 Å². The Balaban J connectivity index is 2.58. The molecular weight excluding hydrogens is 205 g/mol. The van der Waals surface area contributed by atoms with Crippen LogP contribution in [0.3, 0.4) is 0 Å². The Morgan fingerprint density at radius 2 is 2.00 bits per heavy atom. The maximum Gasteiger partial charge on any atom is 0.147 e. The predicted molar refractivity (Wildman–Crippen MR) is 60.7 cm³/mol. The molecule has 0 spiro atoms. The van der Waals surface area contributed by atoms with Crippen molar-refractivity contribution in [2.24, 2.45) is 5.73 Å². The van der Waals surface area contributed by atoms with Gasteiger partial charge in [-0.25, -0.2) is 9.37 Å². The molecule has 0 radical (unpaired) electrons. The molecule has 0 saturated heterocycles. The fourth-order valence-corrected chi connectivity index (χ4v) is 1.61. The average molecular weight is 219 g/mol. The first-order valence-electron chi connectivity index (χ1n) is 5.07. The van der Waals surface area contributed by atoms with Crippen molar-refractivity contribution in [1.29, 1.82) is 0 Å². The lowest BCUT2D eigenvalue weighted by molar-refractivity contribution is 0.519. The molecule has 0 bridgehead atoms. The van der Waals surface area contributed by atoms with E-state index in [-0.39, 0.29) is 5.82 Å². The quantitative estimate of drug-likeness (QED) is 0.841. The summed E-state index contributed by atoms with van der Waals surface area (Å²) >= 11 is 0. The lowest BCUT2D eigenvalue weighted by atomic mass is 10.0. The number of hydrogen-bond donors (Lipinski definition) is 1. The molecule has 0 amide bonds. The van der Waals surface area contributed by atoms with Crippen LogP contribution in [-0.2, 0) is 5.54 Å². The number of nitrogens with two attached hydrogens (primary N) is 1. The number of benzene rings is 1. The number of aromatic nitrogens is 2. The van der Waals surface area contributed by atoms with E-state index in [0.717, 1.165) is 5.69 Å². The van der Waals surface area contributed by atoms with Gasteiger partial charge in [0.2, 0.25) is 0 Å². The Hall–Kier alpha value is -1.68. The third-order valence-corrected chi connectivity index (χ3v) is 2.41. The van der Waals surface area contributed by atoms with Gasteiger partial charge in [-0.3, -0.25) is 4.57 Å². The molecule has 1 aromatic carbocycles. The zero-order valence-electron chi connectivity index (χ0n) is 9.31. The molecule has 2 aromatic rings. The van der Waals surface area contributed by atoms with Crippen LogP contribution in [0.2, 0.25) is 0 Å². The normalized spacial score (nSPS) is 11.8. The first-order chi connectivity index (χ1) is 7.50. The van der Waals surface area contributed by atoms with Crippen LogP contribution < -0.4 is 5.73 Å². The fraction of sp³-hybridized carbons (Fsp3) is 0.250. The highest BCUT2D eigenvalue weighted by Gasteiger charge is 2.20. The van der Waals surface area contributed by atoms with Crippen molar-refractivity contribution in [1.82, 2.24) is 9.55 Å². The molecule has 3 nitrogen and oxygen atoms in total. The van der Waals surface area contributed by atoms with Gasteiger partial charge in [-0.05, 0) is 26.0 Å². The zero-order chi connectivity index (χ0) is 11.8. The van der Waals surface area contributed by atoms with Crippen LogP contribution in [0, 0.1) is 5.82 Å². The second-order valence-corrected chi connectivity index (χ2v) is 4.32. The van der Waals surface area contributed by atoms with Crippen LogP contribution in [0.15, 0.2) is 36.8 Å². The Morgan fingerprint density at radius 1 is 1.31 bits per heavy atom. The molecular formula is C12H14FN3. The molecule has 84 valence electrons. The van der Waals surface area contributed by atoms with Crippen molar-refractivity contribution in [2.75, 3.05) is 0 Å². The summed E-state index contributed by atoms with van der Waals surface area (Å²) in [4.78, 5) is 4.02. The van der Waals surface area contributed by atoms with Crippen molar-refractivity contribution < 1.29 is 4.39 Å². The standard InChI is InChI=1S/C12H14FN3/c1-12(2,14)11-7-15-8-16(11)10-6-4-3-5-9(10)13/h3-8H,14H2,1-2H3. The first-order valence-corrected chi connectivity index (χ1v) is 5.07. The summed E-state index contributed by atoms with van der Waals surface area (Å²) in [5.41, 5.74) is 6.69. The number of rotatable bonds is 2. The van der Waals surface area contributed by atoms with Crippen molar-refractivity contribution in [3.63, 3.8) is 0 Å². The van der Waals surface area contributed by atoms with Gasteiger partial charge < -0.3 is 5.73 Å². The zero-order valence-corrected chi connectivity index (χ0v) is 9.31. The first kappa shape index (κ1) is 10.8. The predicted octanol–water partition coefficient (Wildman–Crippen LogP) is 2.21. The third-order valence-electron chi connectivity index (χ3n) is 2.41. The van der Waals surface area contributed by atoms with E-state index in [1.807, 2.05) is 13.8 Å². The Morgan fingerprint density at radius 3 is 2.62 bits per heavy atom. The second kappa shape index (κ2) is 3.72. The van der Waals surface area contributed by atoms with Crippen molar-refractivity contribution >= 4 is 0 Å². The van der Waals surface area contributed by atoms with Gasteiger partial charge in [0.25, 0.3) is 0 Å². The largest absolute Gasteiger partial charge is 0.321 e. The van der Waals surface area contributed by atoms with Crippen LogP contribution >= 0.6 is 0 Å². The van der Waals surface area contributed by atoms with Crippen LogP contribution in [0.25, 0.3) is 5.69 Å². The van der Waals surface area contributed by atoms with E-state index in [1.165, 1.54) is 6.07 Å². The summed E-state index contributed by atoms with van der Waals surface area (Å²) in [7, 11) is 0. The van der Waals surface area contributed by atoms with Gasteiger partial charge in [-0.2, -0.15) is 0 Å². The maximum absolute atomic E-state index is 13.6. The molecule has 0 unspecified atom stereocenters. The Kier molecular flexibility index (Phi) is 2.52. The summed E-state index contributed by atoms with van der Waals surface area (Å²) in [6.45, 7) is 3.72. The Bertz CT molecular complexity index is 497. The Labute approximate surface area is 93.7 Å². The summed E-state index contributed by atoms with van der Waals surface area (Å²) < 4.78 is 15.3. The van der Waals surface area contributed by atoms with Gasteiger partial charge >= 0.3 is 0 Å². The van der Waals surface area contributed by atoms with Gasteiger partial charge in [0.15, 0.2) is 0 Å². The summed E-state index contributed by atoms with van der Waals surface area (Å²) in [5.74, 6) is -0.286. The van der Waals surface area contributed by atoms with E-state index < -0.39 is 5.54 Å². The summed E-state index contributed by atoms with van der Waals surface area (Å²) in [5, 5.41) is 0.